The largest absolute Gasteiger partial charge is 0.374 e. The molecule has 98 valence electrons. The quantitative estimate of drug-likeness (QED) is 0.750. The molecule has 2 atom stereocenters. The predicted octanol–water partition coefficient (Wildman–Crippen LogP) is 3.05. The highest BCUT2D eigenvalue weighted by atomic mass is 32.2. The van der Waals surface area contributed by atoms with Gasteiger partial charge in [-0.15, -0.1) is 0 Å². The first-order chi connectivity index (χ1) is 9.22. The lowest BCUT2D eigenvalue weighted by Crippen LogP contribution is -2.13. The molecule has 0 amide bonds. The van der Waals surface area contributed by atoms with Crippen molar-refractivity contribution in [1.82, 2.24) is 4.98 Å². The highest BCUT2D eigenvalue weighted by molar-refractivity contribution is 8.00. The Morgan fingerprint density at radius 3 is 3.05 bits per heavy atom. The Bertz CT molecular complexity index is 563. The summed E-state index contributed by atoms with van der Waals surface area (Å²) in [7, 11) is 0. The number of hydrogen-bond donors (Lipinski definition) is 3. The normalized spacial score (nSPS) is 18.5. The van der Waals surface area contributed by atoms with Crippen LogP contribution in [0.1, 0.15) is 17.9 Å². The summed E-state index contributed by atoms with van der Waals surface area (Å²) < 4.78 is 0. The molecule has 1 aliphatic rings. The van der Waals surface area contributed by atoms with Crippen LogP contribution in [0.25, 0.3) is 0 Å². The fourth-order valence-corrected chi connectivity index (χ4v) is 3.15. The average Bonchev–Trinajstić information content (AvgIpc) is 2.82. The van der Waals surface area contributed by atoms with E-state index < -0.39 is 6.23 Å². The van der Waals surface area contributed by atoms with Crippen LogP contribution in [0.2, 0.25) is 0 Å². The molecule has 0 radical (unpaired) electrons. The summed E-state index contributed by atoms with van der Waals surface area (Å²) in [6.45, 7) is 1.70. The second-order valence-electron chi connectivity index (χ2n) is 4.44. The zero-order valence-electron chi connectivity index (χ0n) is 10.5. The van der Waals surface area contributed by atoms with Crippen LogP contribution in [0.4, 0.5) is 11.5 Å². The van der Waals surface area contributed by atoms with Gasteiger partial charge in [-0.3, -0.25) is 0 Å². The molecule has 5 heteroatoms. The monoisotopic (exact) mass is 273 g/mol. The molecule has 2 heterocycles. The molecule has 0 spiro atoms. The van der Waals surface area contributed by atoms with Crippen molar-refractivity contribution in [3.63, 3.8) is 0 Å². The number of thioether (sulfide) groups is 1. The van der Waals surface area contributed by atoms with Crippen LogP contribution in [0.3, 0.4) is 0 Å². The molecular weight excluding hydrogens is 258 g/mol. The molecule has 0 fully saturated rings. The summed E-state index contributed by atoms with van der Waals surface area (Å²) in [5, 5.41) is 15.9. The zero-order valence-corrected chi connectivity index (χ0v) is 11.3. The van der Waals surface area contributed by atoms with Gasteiger partial charge in [-0.1, -0.05) is 23.9 Å². The Morgan fingerprint density at radius 1 is 1.37 bits per heavy atom. The minimum absolute atomic E-state index is 0.167. The van der Waals surface area contributed by atoms with Gasteiger partial charge in [0.1, 0.15) is 17.4 Å². The third-order valence-electron chi connectivity index (χ3n) is 2.85. The number of aromatic nitrogens is 1. The van der Waals surface area contributed by atoms with Crippen LogP contribution in [-0.2, 0) is 0 Å². The molecule has 1 aliphatic heterocycles. The van der Waals surface area contributed by atoms with Crippen LogP contribution >= 0.6 is 11.8 Å². The maximum Gasteiger partial charge on any atom is 0.140 e. The number of rotatable bonds is 3. The lowest BCUT2D eigenvalue weighted by atomic mass is 10.2. The van der Waals surface area contributed by atoms with E-state index in [1.165, 1.54) is 4.90 Å². The molecule has 3 rings (SSSR count). The van der Waals surface area contributed by atoms with Crippen LogP contribution in [0, 0.1) is 0 Å². The lowest BCUT2D eigenvalue weighted by Gasteiger charge is -2.14. The fourth-order valence-electron chi connectivity index (χ4n) is 2.06. The third-order valence-corrected chi connectivity index (χ3v) is 4.06. The molecule has 1 aromatic carbocycles. The Morgan fingerprint density at radius 2 is 2.26 bits per heavy atom. The number of anilines is 2. The van der Waals surface area contributed by atoms with E-state index in [1.54, 1.807) is 24.9 Å². The van der Waals surface area contributed by atoms with Gasteiger partial charge in [0, 0.05) is 11.9 Å². The third kappa shape index (κ3) is 2.67. The maximum atomic E-state index is 9.36. The molecule has 3 N–H and O–H groups in total. The van der Waals surface area contributed by atoms with Crippen molar-refractivity contribution in [3.8, 4) is 0 Å². The average molecular weight is 273 g/mol. The van der Waals surface area contributed by atoms with Crippen molar-refractivity contribution < 1.29 is 5.11 Å². The van der Waals surface area contributed by atoms with Gasteiger partial charge in [-0.25, -0.2) is 4.98 Å². The van der Waals surface area contributed by atoms with Gasteiger partial charge in [0.2, 0.25) is 0 Å². The van der Waals surface area contributed by atoms with E-state index in [4.69, 9.17) is 0 Å². The number of aliphatic hydroxyl groups is 1. The van der Waals surface area contributed by atoms with Gasteiger partial charge < -0.3 is 15.7 Å². The SMILES string of the molecule is CC(O)Nc1cccc(C2Nc3ncccc3S2)c1. The Hall–Kier alpha value is -1.72. The number of hydrogen-bond acceptors (Lipinski definition) is 5. The number of fused-ring (bicyclic) bond motifs is 1. The molecule has 19 heavy (non-hydrogen) atoms. The summed E-state index contributed by atoms with van der Waals surface area (Å²) in [5.41, 5.74) is 2.08. The number of nitrogens with one attached hydrogen (secondary N) is 2. The molecule has 1 aromatic heterocycles. The zero-order chi connectivity index (χ0) is 13.2. The van der Waals surface area contributed by atoms with E-state index >= 15 is 0 Å². The smallest absolute Gasteiger partial charge is 0.140 e. The van der Waals surface area contributed by atoms with E-state index in [2.05, 4.69) is 27.8 Å². The molecule has 0 bridgehead atoms. The van der Waals surface area contributed by atoms with Gasteiger partial charge >= 0.3 is 0 Å². The Labute approximate surface area is 116 Å². The van der Waals surface area contributed by atoms with E-state index in [9.17, 15) is 5.11 Å². The van der Waals surface area contributed by atoms with E-state index in [0.717, 1.165) is 17.1 Å². The number of benzene rings is 1. The van der Waals surface area contributed by atoms with Gasteiger partial charge in [-0.2, -0.15) is 0 Å². The summed E-state index contributed by atoms with van der Waals surface area (Å²) in [4.78, 5) is 5.49. The first-order valence-corrected chi connectivity index (χ1v) is 7.03. The van der Waals surface area contributed by atoms with Crippen LogP contribution < -0.4 is 10.6 Å². The van der Waals surface area contributed by atoms with E-state index in [1.807, 2.05) is 24.3 Å². The molecule has 0 saturated heterocycles. The number of nitrogens with zero attached hydrogens (tertiary/aromatic N) is 1. The second kappa shape index (κ2) is 5.11. The molecule has 2 aromatic rings. The minimum Gasteiger partial charge on any atom is -0.374 e. The first kappa shape index (κ1) is 12.3. The highest BCUT2D eigenvalue weighted by Gasteiger charge is 2.23. The van der Waals surface area contributed by atoms with Gasteiger partial charge in [0.15, 0.2) is 0 Å². The predicted molar refractivity (Wildman–Crippen MR) is 78.2 cm³/mol. The van der Waals surface area contributed by atoms with Gasteiger partial charge in [0.05, 0.1) is 4.90 Å². The Kier molecular flexibility index (Phi) is 3.31. The van der Waals surface area contributed by atoms with E-state index in [-0.39, 0.29) is 5.37 Å². The van der Waals surface area contributed by atoms with Crippen LogP contribution in [0.15, 0.2) is 47.5 Å². The minimum atomic E-state index is -0.557. The number of aliphatic hydroxyl groups excluding tert-OH is 1. The van der Waals surface area contributed by atoms with Crippen molar-refractivity contribution in [3.05, 3.63) is 48.2 Å². The number of pyridine rings is 1. The molecule has 0 saturated carbocycles. The van der Waals surface area contributed by atoms with Crippen molar-refractivity contribution in [2.45, 2.75) is 23.4 Å². The summed E-state index contributed by atoms with van der Waals surface area (Å²) in [6, 6.07) is 12.1. The summed E-state index contributed by atoms with van der Waals surface area (Å²) in [6.07, 6.45) is 1.23. The molecule has 4 nitrogen and oxygen atoms in total. The topological polar surface area (TPSA) is 57.2 Å². The molecule has 0 aliphatic carbocycles. The van der Waals surface area contributed by atoms with E-state index in [0.29, 0.717) is 0 Å². The van der Waals surface area contributed by atoms with Crippen molar-refractivity contribution in [2.75, 3.05) is 10.6 Å². The molecular formula is C14H15N3OS. The van der Waals surface area contributed by atoms with Crippen LogP contribution in [0.5, 0.6) is 0 Å². The fraction of sp³-hybridized carbons (Fsp3) is 0.214. The van der Waals surface area contributed by atoms with Gasteiger partial charge in [-0.05, 0) is 36.8 Å². The highest BCUT2D eigenvalue weighted by Crippen LogP contribution is 2.45. The summed E-state index contributed by atoms with van der Waals surface area (Å²) >= 11 is 1.75. The van der Waals surface area contributed by atoms with Gasteiger partial charge in [0.25, 0.3) is 0 Å². The maximum absolute atomic E-state index is 9.36. The molecule has 2 unspecified atom stereocenters. The standard InChI is InChI=1S/C14H15N3OS/c1-9(18)16-11-5-2-4-10(8-11)14-17-13-12(19-14)6-3-7-15-13/h2-9,14,16,18H,1H3,(H,15,17). The van der Waals surface area contributed by atoms with Crippen molar-refractivity contribution >= 4 is 23.3 Å². The second-order valence-corrected chi connectivity index (χ2v) is 5.59. The first-order valence-electron chi connectivity index (χ1n) is 6.15. The lowest BCUT2D eigenvalue weighted by molar-refractivity contribution is 0.224. The summed E-state index contributed by atoms with van der Waals surface area (Å²) in [5.74, 6) is 0.936. The van der Waals surface area contributed by atoms with Crippen molar-refractivity contribution in [2.24, 2.45) is 0 Å². The van der Waals surface area contributed by atoms with Crippen molar-refractivity contribution in [1.29, 1.82) is 0 Å². The Balaban J connectivity index is 1.81. The van der Waals surface area contributed by atoms with Crippen LogP contribution in [-0.4, -0.2) is 16.3 Å².